The Kier molecular flexibility index (Phi) is 2.90. The van der Waals surface area contributed by atoms with E-state index < -0.39 is 0 Å². The first-order chi connectivity index (χ1) is 8.96. The Balaban J connectivity index is 1.93. The van der Waals surface area contributed by atoms with Gasteiger partial charge < -0.3 is 5.43 Å². The number of benzene rings is 1. The second-order valence-electron chi connectivity index (χ2n) is 6.23. The number of fused-ring (bicyclic) bond motifs is 1. The van der Waals surface area contributed by atoms with E-state index in [0.29, 0.717) is 11.4 Å². The highest BCUT2D eigenvalue weighted by atomic mass is 35.5. The van der Waals surface area contributed by atoms with Crippen molar-refractivity contribution in [2.24, 2.45) is 16.4 Å². The van der Waals surface area contributed by atoms with Crippen LogP contribution in [0.15, 0.2) is 29.4 Å². The van der Waals surface area contributed by atoms with Gasteiger partial charge in [0.2, 0.25) is 0 Å². The predicted molar refractivity (Wildman–Crippen MR) is 76.4 cm³/mol. The molecule has 1 heterocycles. The lowest BCUT2D eigenvalue weighted by Crippen LogP contribution is -2.45. The molecule has 1 aliphatic heterocycles. The van der Waals surface area contributed by atoms with Gasteiger partial charge in [-0.2, -0.15) is 5.10 Å². The van der Waals surface area contributed by atoms with Crippen molar-refractivity contribution < 1.29 is 4.79 Å². The number of Topliss-reactive ketones (excluding diaryl/α,β-unsaturated/α-hetero) is 1. The molecule has 100 valence electrons. The summed E-state index contributed by atoms with van der Waals surface area (Å²) in [7, 11) is 0. The molecule has 2 unspecified atom stereocenters. The number of nitrogens with one attached hydrogen (secondary N) is 1. The third kappa shape index (κ3) is 2.27. The van der Waals surface area contributed by atoms with Crippen molar-refractivity contribution in [1.82, 2.24) is 5.43 Å². The van der Waals surface area contributed by atoms with Gasteiger partial charge in [0, 0.05) is 17.0 Å². The molecule has 0 radical (unpaired) electrons. The highest BCUT2D eigenvalue weighted by Gasteiger charge is 2.46. The van der Waals surface area contributed by atoms with Gasteiger partial charge in [-0.05, 0) is 24.0 Å². The summed E-state index contributed by atoms with van der Waals surface area (Å²) in [5.74, 6) is 0.163. The first-order valence-corrected chi connectivity index (χ1v) is 6.96. The number of carbonyl (C=O) groups is 1. The van der Waals surface area contributed by atoms with E-state index in [0.717, 1.165) is 17.7 Å². The van der Waals surface area contributed by atoms with Crippen LogP contribution in [0.2, 0.25) is 5.02 Å². The van der Waals surface area contributed by atoms with Crippen LogP contribution >= 0.6 is 11.6 Å². The largest absolute Gasteiger partial charge is 0.306 e. The maximum atomic E-state index is 12.4. The van der Waals surface area contributed by atoms with Gasteiger partial charge in [-0.25, -0.2) is 0 Å². The highest BCUT2D eigenvalue weighted by Crippen LogP contribution is 2.39. The van der Waals surface area contributed by atoms with Crippen LogP contribution in [0.3, 0.4) is 0 Å². The highest BCUT2D eigenvalue weighted by molar-refractivity contribution is 6.31. The van der Waals surface area contributed by atoms with Crippen molar-refractivity contribution >= 4 is 23.1 Å². The normalized spacial score (nSPS) is 28.6. The number of rotatable bonds is 1. The standard InChI is InChI=1S/C15H17ClN2O/c1-15(2)7-11-13(12(19)8-15)14(18-17-11)9-4-3-5-10(16)6-9/h3-6,11,13,17H,7-8H2,1-2H3. The fourth-order valence-electron chi connectivity index (χ4n) is 3.17. The zero-order chi connectivity index (χ0) is 13.6. The Labute approximate surface area is 118 Å². The number of hydrogen-bond acceptors (Lipinski definition) is 3. The molecule has 19 heavy (non-hydrogen) atoms. The van der Waals surface area contributed by atoms with Gasteiger partial charge in [-0.15, -0.1) is 0 Å². The van der Waals surface area contributed by atoms with Crippen LogP contribution < -0.4 is 5.43 Å². The van der Waals surface area contributed by atoms with Gasteiger partial charge in [0.05, 0.1) is 17.7 Å². The van der Waals surface area contributed by atoms with Crippen molar-refractivity contribution in [1.29, 1.82) is 0 Å². The first kappa shape index (κ1) is 12.7. The Morgan fingerprint density at radius 1 is 1.42 bits per heavy atom. The van der Waals surface area contributed by atoms with E-state index in [9.17, 15) is 4.79 Å². The van der Waals surface area contributed by atoms with Crippen molar-refractivity contribution in [2.75, 3.05) is 0 Å². The van der Waals surface area contributed by atoms with Crippen molar-refractivity contribution in [3.63, 3.8) is 0 Å². The molecule has 1 fully saturated rings. The summed E-state index contributed by atoms with van der Waals surface area (Å²) in [5, 5.41) is 5.07. The van der Waals surface area contributed by atoms with Crippen LogP contribution in [0, 0.1) is 11.3 Å². The minimum absolute atomic E-state index is 0.0601. The van der Waals surface area contributed by atoms with Gasteiger partial charge in [-0.3, -0.25) is 4.79 Å². The lowest BCUT2D eigenvalue weighted by molar-refractivity contribution is -0.126. The lowest BCUT2D eigenvalue weighted by atomic mass is 9.68. The SMILES string of the molecule is CC1(C)CC(=O)C2C(c3cccc(Cl)c3)=NNC2C1. The molecule has 3 rings (SSSR count). The number of halogens is 1. The molecular weight excluding hydrogens is 260 g/mol. The second kappa shape index (κ2) is 4.34. The summed E-state index contributed by atoms with van der Waals surface area (Å²) < 4.78 is 0. The quantitative estimate of drug-likeness (QED) is 0.857. The Bertz CT molecular complexity index is 565. The predicted octanol–water partition coefficient (Wildman–Crippen LogP) is 3.02. The van der Waals surface area contributed by atoms with Gasteiger partial charge in [0.15, 0.2) is 0 Å². The van der Waals surface area contributed by atoms with E-state index in [2.05, 4.69) is 24.4 Å². The molecular formula is C15H17ClN2O. The third-order valence-corrected chi connectivity index (χ3v) is 4.18. The monoisotopic (exact) mass is 276 g/mol. The lowest BCUT2D eigenvalue weighted by Gasteiger charge is -2.36. The van der Waals surface area contributed by atoms with Crippen LogP contribution in [0.5, 0.6) is 0 Å². The molecule has 1 saturated carbocycles. The van der Waals surface area contributed by atoms with Crippen LogP contribution in [0.25, 0.3) is 0 Å². The van der Waals surface area contributed by atoms with Crippen LogP contribution in [-0.2, 0) is 4.79 Å². The van der Waals surface area contributed by atoms with E-state index in [1.54, 1.807) is 0 Å². The molecule has 0 spiro atoms. The number of ketones is 1. The minimum atomic E-state index is -0.119. The van der Waals surface area contributed by atoms with Gasteiger partial charge in [0.1, 0.15) is 5.78 Å². The van der Waals surface area contributed by atoms with E-state index in [1.807, 2.05) is 24.3 Å². The molecule has 2 atom stereocenters. The van der Waals surface area contributed by atoms with Crippen LogP contribution in [-0.4, -0.2) is 17.5 Å². The van der Waals surface area contributed by atoms with E-state index in [-0.39, 0.29) is 23.2 Å². The zero-order valence-corrected chi connectivity index (χ0v) is 11.9. The van der Waals surface area contributed by atoms with Crippen LogP contribution in [0.1, 0.15) is 32.3 Å². The fourth-order valence-corrected chi connectivity index (χ4v) is 3.36. The Hall–Kier alpha value is -1.35. The summed E-state index contributed by atoms with van der Waals surface area (Å²) in [4.78, 5) is 12.4. The molecule has 1 aromatic rings. The third-order valence-electron chi connectivity index (χ3n) is 3.94. The molecule has 4 heteroatoms. The molecule has 1 N–H and O–H groups in total. The Morgan fingerprint density at radius 3 is 2.95 bits per heavy atom. The van der Waals surface area contributed by atoms with Crippen molar-refractivity contribution in [3.05, 3.63) is 34.9 Å². The van der Waals surface area contributed by atoms with Crippen molar-refractivity contribution in [2.45, 2.75) is 32.7 Å². The minimum Gasteiger partial charge on any atom is -0.306 e. The molecule has 2 aliphatic rings. The number of nitrogens with zero attached hydrogens (tertiary/aromatic N) is 1. The average molecular weight is 277 g/mol. The molecule has 3 nitrogen and oxygen atoms in total. The van der Waals surface area contributed by atoms with E-state index >= 15 is 0 Å². The first-order valence-electron chi connectivity index (χ1n) is 6.58. The average Bonchev–Trinajstić information content (AvgIpc) is 2.71. The summed E-state index contributed by atoms with van der Waals surface area (Å²) in [5.41, 5.74) is 4.98. The maximum Gasteiger partial charge on any atom is 0.144 e. The summed E-state index contributed by atoms with van der Waals surface area (Å²) in [6, 6.07) is 7.69. The smallest absolute Gasteiger partial charge is 0.144 e. The van der Waals surface area contributed by atoms with E-state index in [4.69, 9.17) is 11.6 Å². The fraction of sp³-hybridized carbons (Fsp3) is 0.467. The van der Waals surface area contributed by atoms with E-state index in [1.165, 1.54) is 0 Å². The van der Waals surface area contributed by atoms with Crippen molar-refractivity contribution in [3.8, 4) is 0 Å². The number of hydrazone groups is 1. The molecule has 0 amide bonds. The van der Waals surface area contributed by atoms with Gasteiger partial charge >= 0.3 is 0 Å². The molecule has 0 bridgehead atoms. The zero-order valence-electron chi connectivity index (χ0n) is 11.1. The summed E-state index contributed by atoms with van der Waals surface area (Å²) >= 11 is 6.02. The van der Waals surface area contributed by atoms with Gasteiger partial charge in [0.25, 0.3) is 0 Å². The maximum absolute atomic E-state index is 12.4. The number of carbonyl (C=O) groups excluding carboxylic acids is 1. The molecule has 0 saturated heterocycles. The second-order valence-corrected chi connectivity index (χ2v) is 6.67. The summed E-state index contributed by atoms with van der Waals surface area (Å²) in [6.45, 7) is 4.28. The molecule has 0 aromatic heterocycles. The van der Waals surface area contributed by atoms with Crippen LogP contribution in [0.4, 0.5) is 0 Å². The molecule has 1 aliphatic carbocycles. The Morgan fingerprint density at radius 2 is 2.21 bits per heavy atom. The topological polar surface area (TPSA) is 41.5 Å². The number of hydrogen-bond donors (Lipinski definition) is 1. The van der Waals surface area contributed by atoms with Gasteiger partial charge in [-0.1, -0.05) is 37.6 Å². The molecule has 1 aromatic carbocycles. The summed E-state index contributed by atoms with van der Waals surface area (Å²) in [6.07, 6.45) is 1.59.